The van der Waals surface area contributed by atoms with E-state index in [0.29, 0.717) is 17.7 Å². The number of hydrogen-bond donors (Lipinski definition) is 5. The standard InChI is InChI=1S/C38H36N2O2.3C5H12.C4H11N.C2H5NO/c1-23(31-14-6-12-28-13-8-16-34(40)38(28)31)17-18-29-19-20-30(37(29)36(25(3)41)26(4)42)21-22-33(39)32-15-7-11-27-10-5-9-24(2)35(27)32;3*1-3-5-4-2;1-2-3-4-5;1-2(3)4/h5-18,21-22,39,41H,19-20,40H2,1-4H3;3*3-5H2,1-2H3;2-5H2,1H3;1H3,(H2,3,4)/b22-21?,23-17-,29-18+,36-25?,39-33?;;;;;. The number of anilines is 1. The van der Waals surface area contributed by atoms with Crippen molar-refractivity contribution in [3.8, 4) is 0 Å². The second-order valence-corrected chi connectivity index (χ2v) is 16.7. The highest BCUT2D eigenvalue weighted by Gasteiger charge is 2.25. The van der Waals surface area contributed by atoms with Crippen LogP contribution < -0.4 is 17.2 Å². The van der Waals surface area contributed by atoms with Gasteiger partial charge in [-0.2, -0.15) is 0 Å². The van der Waals surface area contributed by atoms with E-state index in [1.54, 1.807) is 6.92 Å². The molecule has 0 atom stereocenters. The van der Waals surface area contributed by atoms with Gasteiger partial charge in [-0.25, -0.2) is 0 Å². The molecule has 0 radical (unpaired) electrons. The zero-order valence-electron chi connectivity index (χ0n) is 43.1. The first-order valence-electron chi connectivity index (χ1n) is 24.6. The van der Waals surface area contributed by atoms with Gasteiger partial charge in [0.1, 0.15) is 5.76 Å². The number of aliphatic hydroxyl groups is 1. The third kappa shape index (κ3) is 22.1. The van der Waals surface area contributed by atoms with Crippen LogP contribution in [0.2, 0.25) is 0 Å². The van der Waals surface area contributed by atoms with Gasteiger partial charge in [0.25, 0.3) is 0 Å². The predicted octanol–water partition coefficient (Wildman–Crippen LogP) is 16.2. The highest BCUT2D eigenvalue weighted by atomic mass is 16.3. The van der Waals surface area contributed by atoms with E-state index >= 15 is 0 Å². The molecule has 0 spiro atoms. The first-order chi connectivity index (χ1) is 31.6. The zero-order chi connectivity index (χ0) is 50.0. The van der Waals surface area contributed by atoms with Crippen LogP contribution in [0.3, 0.4) is 0 Å². The van der Waals surface area contributed by atoms with E-state index in [0.717, 1.165) is 79.2 Å². The molecule has 4 aromatic carbocycles. The van der Waals surface area contributed by atoms with Crippen molar-refractivity contribution >= 4 is 50.2 Å². The van der Waals surface area contributed by atoms with Gasteiger partial charge >= 0.3 is 0 Å². The largest absolute Gasteiger partial charge is 0.512 e. The number of nitrogens with two attached hydrogens (primary N) is 3. The molecule has 0 saturated heterocycles. The van der Waals surface area contributed by atoms with Gasteiger partial charge in [0, 0.05) is 23.6 Å². The van der Waals surface area contributed by atoms with Gasteiger partial charge in [-0.1, -0.05) is 198 Å². The van der Waals surface area contributed by atoms with Crippen LogP contribution in [-0.4, -0.2) is 29.1 Å². The number of amides is 1. The van der Waals surface area contributed by atoms with Gasteiger partial charge < -0.3 is 27.7 Å². The first-order valence-corrected chi connectivity index (χ1v) is 24.6. The zero-order valence-corrected chi connectivity index (χ0v) is 43.1. The molecule has 1 amide bonds. The summed E-state index contributed by atoms with van der Waals surface area (Å²) in [6.45, 7) is 24.7. The number of nitrogen functional groups attached to an aromatic ring is 1. The van der Waals surface area contributed by atoms with E-state index in [4.69, 9.17) is 16.9 Å². The van der Waals surface area contributed by atoms with Gasteiger partial charge in [-0.05, 0) is 115 Å². The Hall–Kier alpha value is -5.53. The lowest BCUT2D eigenvalue weighted by Crippen LogP contribution is -2.05. The number of ketones is 1. The smallest absolute Gasteiger partial charge is 0.214 e. The number of primary amides is 1. The Kier molecular flexibility index (Phi) is 32.7. The minimum absolute atomic E-state index is 0.00140. The summed E-state index contributed by atoms with van der Waals surface area (Å²) < 4.78 is 0. The lowest BCUT2D eigenvalue weighted by molar-refractivity contribution is -0.116. The topological polar surface area (TPSA) is 156 Å². The number of unbranched alkanes of at least 4 members (excludes halogenated alkanes) is 7. The average molecular weight is 901 g/mol. The summed E-state index contributed by atoms with van der Waals surface area (Å²) in [6.07, 6.45) is 23.9. The van der Waals surface area contributed by atoms with E-state index in [-0.39, 0.29) is 17.4 Å². The number of aliphatic hydroxyl groups excluding tert-OH is 1. The van der Waals surface area contributed by atoms with Gasteiger partial charge in [-0.15, -0.1) is 0 Å². The molecule has 0 saturated carbocycles. The molecule has 0 aliphatic heterocycles. The van der Waals surface area contributed by atoms with Crippen LogP contribution >= 0.6 is 0 Å². The van der Waals surface area contributed by atoms with Crippen LogP contribution in [0.15, 0.2) is 125 Å². The predicted molar refractivity (Wildman–Crippen MR) is 291 cm³/mol. The number of rotatable bonds is 15. The Morgan fingerprint density at radius 1 is 0.667 bits per heavy atom. The molecule has 1 aliphatic carbocycles. The van der Waals surface area contributed by atoms with E-state index in [9.17, 15) is 14.7 Å². The van der Waals surface area contributed by atoms with Crippen molar-refractivity contribution in [3.05, 3.63) is 142 Å². The summed E-state index contributed by atoms with van der Waals surface area (Å²) in [5.74, 6) is -0.524. The maximum atomic E-state index is 12.8. The summed E-state index contributed by atoms with van der Waals surface area (Å²) in [5.41, 5.74) is 24.2. The summed E-state index contributed by atoms with van der Waals surface area (Å²) in [4.78, 5) is 22.0. The number of nitrogens with one attached hydrogen (secondary N) is 1. The second-order valence-electron chi connectivity index (χ2n) is 16.7. The molecule has 4 aromatic rings. The van der Waals surface area contributed by atoms with Crippen LogP contribution in [-0.2, 0) is 9.59 Å². The maximum absolute atomic E-state index is 12.8. The molecule has 0 fully saturated rings. The average Bonchev–Trinajstić information content (AvgIpc) is 3.67. The lowest BCUT2D eigenvalue weighted by atomic mass is 9.92. The minimum atomic E-state index is -0.333. The van der Waals surface area contributed by atoms with Gasteiger partial charge in [0.05, 0.1) is 11.3 Å². The Morgan fingerprint density at radius 2 is 1.12 bits per heavy atom. The highest BCUT2D eigenvalue weighted by Crippen LogP contribution is 2.39. The van der Waals surface area contributed by atoms with Crippen molar-refractivity contribution in [2.45, 2.75) is 167 Å². The molecule has 1 aliphatic rings. The van der Waals surface area contributed by atoms with Gasteiger partial charge in [0.15, 0.2) is 5.78 Å². The maximum Gasteiger partial charge on any atom is 0.214 e. The fraction of sp³-hybridized carbons (Fsp3) is 0.441. The molecule has 362 valence electrons. The van der Waals surface area contributed by atoms with E-state index < -0.39 is 0 Å². The van der Waals surface area contributed by atoms with E-state index in [1.807, 2.05) is 48.6 Å². The summed E-state index contributed by atoms with van der Waals surface area (Å²) in [7, 11) is 0. The SMILES string of the molecule is CC(=O)C(=C(C)O)C1=C(C=CC(=N)c2cccc3cccc(C)c23)CC/C1=C\C=C(\C)c1cccc2cccc(N)c12.CC(N)=O.CCCCC.CCCCC.CCCCC.CCCCN. The number of carbonyl (C=O) groups is 2. The summed E-state index contributed by atoms with van der Waals surface area (Å²) >= 11 is 0. The molecule has 8 N–H and O–H groups in total. The molecule has 0 heterocycles. The Bertz CT molecular complexity index is 2190. The Labute approximate surface area is 400 Å². The number of fused-ring (bicyclic) bond motifs is 2. The van der Waals surface area contributed by atoms with Crippen LogP contribution in [0.25, 0.3) is 27.1 Å². The van der Waals surface area contributed by atoms with Crippen molar-refractivity contribution in [2.75, 3.05) is 12.3 Å². The molecule has 5 rings (SSSR count). The number of allylic oxidation sites excluding steroid dienone is 10. The second kappa shape index (κ2) is 35.7. The van der Waals surface area contributed by atoms with Crippen LogP contribution in [0, 0.1) is 12.3 Å². The van der Waals surface area contributed by atoms with Crippen molar-refractivity contribution in [3.63, 3.8) is 0 Å². The fourth-order valence-electron chi connectivity index (χ4n) is 7.30. The minimum Gasteiger partial charge on any atom is -0.512 e. The number of carbonyl (C=O) groups excluding carboxylic acids is 2. The van der Waals surface area contributed by atoms with Gasteiger partial charge in [-0.3, -0.25) is 9.59 Å². The lowest BCUT2D eigenvalue weighted by Gasteiger charge is -2.12. The van der Waals surface area contributed by atoms with E-state index in [2.05, 4.69) is 117 Å². The molecule has 0 bridgehead atoms. The molecule has 7 heteroatoms. The quantitative estimate of drug-likeness (QED) is 0.0347. The molecule has 66 heavy (non-hydrogen) atoms. The van der Waals surface area contributed by atoms with Crippen LogP contribution in [0.4, 0.5) is 5.69 Å². The third-order valence-corrected chi connectivity index (χ3v) is 10.7. The normalized spacial score (nSPS) is 12.9. The fourth-order valence-corrected chi connectivity index (χ4v) is 7.30. The number of aryl methyl sites for hydroxylation is 1. The Balaban J connectivity index is 0.00000145. The van der Waals surface area contributed by atoms with Crippen molar-refractivity contribution in [2.24, 2.45) is 11.5 Å². The van der Waals surface area contributed by atoms with Gasteiger partial charge in [0.2, 0.25) is 5.91 Å². The monoisotopic (exact) mass is 901 g/mol. The Morgan fingerprint density at radius 3 is 1.55 bits per heavy atom. The molecule has 0 unspecified atom stereocenters. The van der Waals surface area contributed by atoms with Crippen LogP contribution in [0.1, 0.15) is 176 Å². The molecular formula is C59H88N4O3. The highest BCUT2D eigenvalue weighted by molar-refractivity contribution is 6.15. The third-order valence-electron chi connectivity index (χ3n) is 10.7. The first kappa shape index (κ1) is 60.5. The number of hydrogen-bond acceptors (Lipinski definition) is 6. The molecule has 7 nitrogen and oxygen atoms in total. The van der Waals surface area contributed by atoms with Crippen LogP contribution in [0.5, 0.6) is 0 Å². The molecule has 0 aromatic heterocycles. The van der Waals surface area contributed by atoms with Crippen molar-refractivity contribution < 1.29 is 14.7 Å². The summed E-state index contributed by atoms with van der Waals surface area (Å²) in [5, 5.41) is 23.8. The summed E-state index contributed by atoms with van der Waals surface area (Å²) in [6, 6.07) is 24.3. The van der Waals surface area contributed by atoms with Crippen molar-refractivity contribution in [1.29, 1.82) is 5.41 Å². The molecular weight excluding hydrogens is 813 g/mol. The number of Topliss-reactive ketones (excluding diaryl/α,β-unsaturated/α-hetero) is 1. The van der Waals surface area contributed by atoms with E-state index in [1.165, 1.54) is 84.5 Å². The van der Waals surface area contributed by atoms with Crippen molar-refractivity contribution in [1.82, 2.24) is 0 Å². The number of benzene rings is 4.